The molecule has 1 heterocycles. The predicted molar refractivity (Wildman–Crippen MR) is 98.1 cm³/mol. The Labute approximate surface area is 196 Å². The fourth-order valence-corrected chi connectivity index (χ4v) is 3.30. The molecule has 0 radical (unpaired) electrons. The molecule has 8 nitrogen and oxygen atoms in total. The summed E-state index contributed by atoms with van der Waals surface area (Å²) in [5, 5.41) is 20.9. The van der Waals surface area contributed by atoms with Crippen molar-refractivity contribution < 1.29 is 70.0 Å². The number of aliphatic carboxylic acids is 2. The molecule has 2 rings (SSSR count). The van der Waals surface area contributed by atoms with E-state index in [1.807, 2.05) is 6.07 Å². The molecule has 29 heavy (non-hydrogen) atoms. The van der Waals surface area contributed by atoms with E-state index < -0.39 is 41.8 Å². The van der Waals surface area contributed by atoms with Gasteiger partial charge in [-0.1, -0.05) is 30.3 Å². The molecular formula is C19H26Li2N2O6. The number of amides is 2. The maximum absolute atomic E-state index is 12.6. The number of carbonyl (C=O) groups is 4. The van der Waals surface area contributed by atoms with Gasteiger partial charge in [0.05, 0.1) is 12.3 Å². The Morgan fingerprint density at radius 1 is 1.17 bits per heavy atom. The molecule has 2 amide bonds. The van der Waals surface area contributed by atoms with Crippen LogP contribution in [0.3, 0.4) is 0 Å². The molecule has 0 aromatic heterocycles. The zero-order valence-corrected chi connectivity index (χ0v) is 17.1. The van der Waals surface area contributed by atoms with Gasteiger partial charge in [-0.25, -0.2) is 4.79 Å². The molecule has 1 aromatic carbocycles. The van der Waals surface area contributed by atoms with Crippen molar-refractivity contribution in [3.63, 3.8) is 0 Å². The number of nitrogens with zero attached hydrogens (tertiary/aromatic N) is 1. The van der Waals surface area contributed by atoms with Gasteiger partial charge in [0.25, 0.3) is 0 Å². The third-order valence-electron chi connectivity index (χ3n) is 4.67. The summed E-state index contributed by atoms with van der Waals surface area (Å²) in [5.41, 5.74) is 0.823. The fraction of sp³-hybridized carbons (Fsp3) is 0.474. The second-order valence-electron chi connectivity index (χ2n) is 6.74. The van der Waals surface area contributed by atoms with Crippen LogP contribution in [0, 0.1) is 5.92 Å². The molecule has 150 valence electrons. The third-order valence-corrected chi connectivity index (χ3v) is 4.67. The van der Waals surface area contributed by atoms with Gasteiger partial charge in [0.15, 0.2) is 0 Å². The van der Waals surface area contributed by atoms with Gasteiger partial charge in [-0.3, -0.25) is 14.4 Å². The van der Waals surface area contributed by atoms with Crippen LogP contribution in [0.4, 0.5) is 0 Å². The molecule has 1 aliphatic heterocycles. The van der Waals surface area contributed by atoms with E-state index in [4.69, 9.17) is 5.11 Å². The largest absolute Gasteiger partial charge is 1.00 e. The van der Waals surface area contributed by atoms with Gasteiger partial charge in [0.1, 0.15) is 12.1 Å². The van der Waals surface area contributed by atoms with E-state index in [9.17, 15) is 24.3 Å². The number of carbonyl (C=O) groups excluding carboxylic acids is 2. The summed E-state index contributed by atoms with van der Waals surface area (Å²) in [6.45, 7) is 1.82. The third kappa shape index (κ3) is 7.91. The quantitative estimate of drug-likeness (QED) is 0.381. The van der Waals surface area contributed by atoms with Crippen molar-refractivity contribution in [3.8, 4) is 0 Å². The molecule has 3 atom stereocenters. The first-order valence-corrected chi connectivity index (χ1v) is 8.89. The van der Waals surface area contributed by atoms with E-state index in [0.29, 0.717) is 19.4 Å². The number of rotatable bonds is 8. The van der Waals surface area contributed by atoms with Crippen LogP contribution in [0.5, 0.6) is 0 Å². The van der Waals surface area contributed by atoms with Crippen LogP contribution in [-0.2, 0) is 25.6 Å². The summed E-state index contributed by atoms with van der Waals surface area (Å²) in [4.78, 5) is 48.7. The van der Waals surface area contributed by atoms with Gasteiger partial charge in [-0.15, -0.1) is 0 Å². The molecule has 1 saturated heterocycles. The summed E-state index contributed by atoms with van der Waals surface area (Å²) in [7, 11) is 0. The van der Waals surface area contributed by atoms with E-state index >= 15 is 0 Å². The first kappa shape index (κ1) is 27.3. The minimum absolute atomic E-state index is 0. The van der Waals surface area contributed by atoms with Crippen LogP contribution < -0.4 is 43.0 Å². The Hall–Kier alpha value is -1.71. The van der Waals surface area contributed by atoms with Crippen molar-refractivity contribution in [2.75, 3.05) is 6.54 Å². The van der Waals surface area contributed by atoms with Crippen LogP contribution in [0.15, 0.2) is 30.3 Å². The predicted octanol–water partition coefficient (Wildman–Crippen LogP) is -4.87. The van der Waals surface area contributed by atoms with Crippen molar-refractivity contribution in [1.29, 1.82) is 0 Å². The molecule has 10 heteroatoms. The van der Waals surface area contributed by atoms with E-state index in [1.54, 1.807) is 24.3 Å². The molecule has 0 saturated carbocycles. The SMILES string of the molecule is C[C@H](NC(=O)C(CC(=O)O)Cc1ccccc1)C(=O)N1CCC[C@H]1C(=O)O.[H-].[H-].[Li+].[Li+]. The molecular weight excluding hydrogens is 366 g/mol. The molecule has 1 aliphatic rings. The molecule has 3 N–H and O–H groups in total. The van der Waals surface area contributed by atoms with Crippen LogP contribution >= 0.6 is 0 Å². The first-order valence-electron chi connectivity index (χ1n) is 8.89. The fourth-order valence-electron chi connectivity index (χ4n) is 3.30. The Bertz CT molecular complexity index is 727. The zero-order chi connectivity index (χ0) is 20.0. The summed E-state index contributed by atoms with van der Waals surface area (Å²) in [6.07, 6.45) is 0.862. The van der Waals surface area contributed by atoms with Gasteiger partial charge < -0.3 is 23.3 Å². The average Bonchev–Trinajstić information content (AvgIpc) is 3.11. The number of nitrogens with one attached hydrogen (secondary N) is 1. The number of benzene rings is 1. The summed E-state index contributed by atoms with van der Waals surface area (Å²) >= 11 is 0. The standard InChI is InChI=1S/C19H24N2O6.2Li.2H/c1-12(18(25)21-9-5-8-15(21)19(26)27)20-17(24)14(11-16(22)23)10-13-6-3-2-4-7-13;;;;/h2-4,6-7,12,14-15H,5,8-11H2,1H3,(H,20,24)(H,22,23)(H,26,27);;;;/q;2*+1;2*-1/t12-,14?,15-;;;;/m0..../s1. The first-order chi connectivity index (χ1) is 12.8. The van der Waals surface area contributed by atoms with Crippen LogP contribution in [0.2, 0.25) is 0 Å². The zero-order valence-electron chi connectivity index (χ0n) is 19.1. The smallest absolute Gasteiger partial charge is 1.00 e. The van der Waals surface area contributed by atoms with Crippen molar-refractivity contribution in [2.24, 2.45) is 5.92 Å². The minimum Gasteiger partial charge on any atom is -1.00 e. The Morgan fingerprint density at radius 2 is 1.79 bits per heavy atom. The number of carboxylic acid groups (broad SMARTS) is 2. The van der Waals surface area contributed by atoms with E-state index in [1.165, 1.54) is 11.8 Å². The normalized spacial score (nSPS) is 17.3. The second-order valence-corrected chi connectivity index (χ2v) is 6.74. The van der Waals surface area contributed by atoms with Crippen molar-refractivity contribution in [3.05, 3.63) is 35.9 Å². The van der Waals surface area contributed by atoms with E-state index in [0.717, 1.165) is 5.56 Å². The Morgan fingerprint density at radius 3 is 2.34 bits per heavy atom. The molecule has 0 bridgehead atoms. The van der Waals surface area contributed by atoms with Gasteiger partial charge in [-0.2, -0.15) is 0 Å². The second kappa shape index (κ2) is 12.8. The monoisotopic (exact) mass is 392 g/mol. The van der Waals surface area contributed by atoms with Gasteiger partial charge in [0, 0.05) is 6.54 Å². The van der Waals surface area contributed by atoms with Crippen LogP contribution in [-0.4, -0.2) is 57.5 Å². The minimum atomic E-state index is -1.10. The van der Waals surface area contributed by atoms with Gasteiger partial charge in [-0.05, 0) is 31.7 Å². The summed E-state index contributed by atoms with van der Waals surface area (Å²) in [6, 6.07) is 7.23. The Kier molecular flexibility index (Phi) is 12.0. The van der Waals surface area contributed by atoms with Crippen LogP contribution in [0.25, 0.3) is 0 Å². The summed E-state index contributed by atoms with van der Waals surface area (Å²) < 4.78 is 0. The topological polar surface area (TPSA) is 124 Å². The maximum Gasteiger partial charge on any atom is 1.00 e. The van der Waals surface area contributed by atoms with E-state index in [2.05, 4.69) is 5.32 Å². The molecule has 1 fully saturated rings. The number of likely N-dealkylation sites (tertiary alicyclic amines) is 1. The molecule has 0 spiro atoms. The number of hydrogen-bond acceptors (Lipinski definition) is 4. The molecule has 1 unspecified atom stereocenters. The number of hydrogen-bond donors (Lipinski definition) is 3. The van der Waals surface area contributed by atoms with Crippen molar-refractivity contribution in [2.45, 2.75) is 44.7 Å². The maximum atomic E-state index is 12.6. The van der Waals surface area contributed by atoms with Gasteiger partial charge in [0.2, 0.25) is 11.8 Å². The van der Waals surface area contributed by atoms with Crippen molar-refractivity contribution in [1.82, 2.24) is 10.2 Å². The van der Waals surface area contributed by atoms with E-state index in [-0.39, 0.29) is 53.4 Å². The summed E-state index contributed by atoms with van der Waals surface area (Å²) in [5.74, 6) is -3.99. The van der Waals surface area contributed by atoms with Crippen molar-refractivity contribution >= 4 is 23.8 Å². The van der Waals surface area contributed by atoms with Gasteiger partial charge >= 0.3 is 49.7 Å². The van der Waals surface area contributed by atoms with Crippen LogP contribution in [0.1, 0.15) is 34.6 Å². The Balaban J connectivity index is -0.00000196. The molecule has 1 aromatic rings. The molecule has 0 aliphatic carbocycles. The average molecular weight is 392 g/mol. The number of carboxylic acids is 2.